The Labute approximate surface area is 137 Å². The molecule has 0 amide bonds. The first-order valence-corrected chi connectivity index (χ1v) is 7.84. The molecule has 6 nitrogen and oxygen atoms in total. The molecule has 0 saturated heterocycles. The van der Waals surface area contributed by atoms with E-state index < -0.39 is 12.0 Å². The Bertz CT molecular complexity index is 530. The van der Waals surface area contributed by atoms with Crippen LogP contribution in [0.25, 0.3) is 0 Å². The highest BCUT2D eigenvalue weighted by atomic mass is 16.5. The van der Waals surface area contributed by atoms with E-state index in [0.29, 0.717) is 36.9 Å². The summed E-state index contributed by atoms with van der Waals surface area (Å²) in [5.41, 5.74) is 0.459. The smallest absolute Gasteiger partial charge is 0.307 e. The van der Waals surface area contributed by atoms with Crippen molar-refractivity contribution < 1.29 is 23.8 Å². The number of Topliss-reactive ketones (excluding diaryl/α,β-unsaturated/α-hetero) is 1. The second-order valence-electron chi connectivity index (χ2n) is 4.74. The first kappa shape index (κ1) is 19.0. The number of benzene rings is 1. The molecule has 1 unspecified atom stereocenters. The minimum Gasteiger partial charge on any atom is -0.490 e. The molecule has 1 aromatic rings. The molecule has 0 fully saturated rings. The van der Waals surface area contributed by atoms with Crippen molar-refractivity contribution in [3.05, 3.63) is 23.8 Å². The lowest BCUT2D eigenvalue weighted by Gasteiger charge is -2.16. The predicted molar refractivity (Wildman–Crippen MR) is 87.2 cm³/mol. The Morgan fingerprint density at radius 1 is 1.04 bits per heavy atom. The van der Waals surface area contributed by atoms with Crippen LogP contribution in [0, 0.1) is 0 Å². The zero-order chi connectivity index (χ0) is 17.2. The SMILES string of the molecule is CCOC(=O)CC(NC)C(=O)c1ccc(OCC)c(OCC)c1. The van der Waals surface area contributed by atoms with Gasteiger partial charge in [-0.1, -0.05) is 0 Å². The van der Waals surface area contributed by atoms with Gasteiger partial charge in [-0.3, -0.25) is 9.59 Å². The van der Waals surface area contributed by atoms with Gasteiger partial charge in [0.05, 0.1) is 32.3 Å². The number of hydrogen-bond donors (Lipinski definition) is 1. The van der Waals surface area contributed by atoms with Crippen LogP contribution in [-0.4, -0.2) is 44.7 Å². The van der Waals surface area contributed by atoms with Crippen LogP contribution >= 0.6 is 0 Å². The van der Waals surface area contributed by atoms with E-state index in [4.69, 9.17) is 14.2 Å². The fourth-order valence-corrected chi connectivity index (χ4v) is 2.12. The highest BCUT2D eigenvalue weighted by molar-refractivity contribution is 6.02. The summed E-state index contributed by atoms with van der Waals surface area (Å²) in [6.45, 7) is 6.74. The van der Waals surface area contributed by atoms with E-state index in [2.05, 4.69) is 5.32 Å². The second kappa shape index (κ2) is 9.84. The Morgan fingerprint density at radius 2 is 1.70 bits per heavy atom. The van der Waals surface area contributed by atoms with Crippen LogP contribution in [0.2, 0.25) is 0 Å². The van der Waals surface area contributed by atoms with E-state index in [9.17, 15) is 9.59 Å². The van der Waals surface area contributed by atoms with Gasteiger partial charge in [-0.25, -0.2) is 0 Å². The van der Waals surface area contributed by atoms with E-state index in [1.807, 2.05) is 13.8 Å². The molecule has 0 aromatic heterocycles. The molecule has 0 aliphatic carbocycles. The lowest BCUT2D eigenvalue weighted by atomic mass is 10.0. The Morgan fingerprint density at radius 3 is 2.26 bits per heavy atom. The van der Waals surface area contributed by atoms with E-state index in [1.54, 1.807) is 32.2 Å². The van der Waals surface area contributed by atoms with Crippen LogP contribution in [-0.2, 0) is 9.53 Å². The Kier molecular flexibility index (Phi) is 8.11. The van der Waals surface area contributed by atoms with Gasteiger partial charge in [0.15, 0.2) is 17.3 Å². The molecule has 1 aromatic carbocycles. The molecule has 0 bridgehead atoms. The van der Waals surface area contributed by atoms with E-state index in [0.717, 1.165) is 0 Å². The van der Waals surface area contributed by atoms with Gasteiger partial charge in [0.2, 0.25) is 0 Å². The van der Waals surface area contributed by atoms with Crippen molar-refractivity contribution in [3.8, 4) is 11.5 Å². The van der Waals surface area contributed by atoms with Gasteiger partial charge in [-0.05, 0) is 46.0 Å². The molecule has 0 saturated carbocycles. The quantitative estimate of drug-likeness (QED) is 0.526. The molecule has 1 rings (SSSR count). The third kappa shape index (κ3) is 5.56. The number of carbonyl (C=O) groups is 2. The standard InChI is InChI=1S/C17H25NO5/c1-5-21-14-9-8-12(10-15(14)22-6-2)17(20)13(18-4)11-16(19)23-7-3/h8-10,13,18H,5-7,11H2,1-4H3. The molecule has 0 radical (unpaired) electrons. The number of carbonyl (C=O) groups excluding carboxylic acids is 2. The molecular weight excluding hydrogens is 298 g/mol. The average molecular weight is 323 g/mol. The van der Waals surface area contributed by atoms with E-state index >= 15 is 0 Å². The van der Waals surface area contributed by atoms with Crippen molar-refractivity contribution in [1.82, 2.24) is 5.32 Å². The van der Waals surface area contributed by atoms with Crippen molar-refractivity contribution in [1.29, 1.82) is 0 Å². The lowest BCUT2D eigenvalue weighted by molar-refractivity contribution is -0.143. The van der Waals surface area contributed by atoms with Gasteiger partial charge in [0.25, 0.3) is 0 Å². The zero-order valence-corrected chi connectivity index (χ0v) is 14.2. The molecule has 1 atom stereocenters. The highest BCUT2D eigenvalue weighted by Gasteiger charge is 2.23. The number of hydrogen-bond acceptors (Lipinski definition) is 6. The number of esters is 1. The van der Waals surface area contributed by atoms with E-state index in [-0.39, 0.29) is 12.2 Å². The van der Waals surface area contributed by atoms with Crippen LogP contribution in [0.1, 0.15) is 37.6 Å². The molecule has 23 heavy (non-hydrogen) atoms. The minimum atomic E-state index is -0.638. The maximum atomic E-state index is 12.6. The summed E-state index contributed by atoms with van der Waals surface area (Å²) < 4.78 is 15.9. The van der Waals surface area contributed by atoms with Crippen molar-refractivity contribution in [2.45, 2.75) is 33.2 Å². The van der Waals surface area contributed by atoms with Crippen LogP contribution in [0.5, 0.6) is 11.5 Å². The molecule has 0 aliphatic heterocycles. The van der Waals surface area contributed by atoms with Crippen LogP contribution < -0.4 is 14.8 Å². The summed E-state index contributed by atoms with van der Waals surface area (Å²) in [6, 6.07) is 4.39. The van der Waals surface area contributed by atoms with Gasteiger partial charge in [-0.2, -0.15) is 0 Å². The zero-order valence-electron chi connectivity index (χ0n) is 14.2. The first-order chi connectivity index (χ1) is 11.1. The Hall–Kier alpha value is -2.08. The maximum Gasteiger partial charge on any atom is 0.307 e. The van der Waals surface area contributed by atoms with Crippen molar-refractivity contribution >= 4 is 11.8 Å². The van der Waals surface area contributed by atoms with Crippen molar-refractivity contribution in [2.24, 2.45) is 0 Å². The molecule has 6 heteroatoms. The molecular formula is C17H25NO5. The summed E-state index contributed by atoms with van der Waals surface area (Å²) >= 11 is 0. The third-order valence-electron chi connectivity index (χ3n) is 3.17. The maximum absolute atomic E-state index is 12.6. The van der Waals surface area contributed by atoms with Crippen molar-refractivity contribution in [3.63, 3.8) is 0 Å². The Balaban J connectivity index is 2.96. The summed E-state index contributed by atoms with van der Waals surface area (Å²) in [6.07, 6.45) is -0.0135. The number of ether oxygens (including phenoxy) is 3. The number of nitrogens with one attached hydrogen (secondary N) is 1. The van der Waals surface area contributed by atoms with Crippen LogP contribution in [0.3, 0.4) is 0 Å². The minimum absolute atomic E-state index is 0.0135. The van der Waals surface area contributed by atoms with Gasteiger partial charge in [-0.15, -0.1) is 0 Å². The van der Waals surface area contributed by atoms with Gasteiger partial charge < -0.3 is 19.5 Å². The molecule has 128 valence electrons. The third-order valence-corrected chi connectivity index (χ3v) is 3.17. The number of ketones is 1. The molecule has 0 aliphatic rings. The largest absolute Gasteiger partial charge is 0.490 e. The van der Waals surface area contributed by atoms with Gasteiger partial charge in [0, 0.05) is 5.56 Å². The molecule has 0 spiro atoms. The monoisotopic (exact) mass is 323 g/mol. The van der Waals surface area contributed by atoms with Crippen molar-refractivity contribution in [2.75, 3.05) is 26.9 Å². The van der Waals surface area contributed by atoms with Crippen LogP contribution in [0.4, 0.5) is 0 Å². The van der Waals surface area contributed by atoms with E-state index in [1.165, 1.54) is 0 Å². The fourth-order valence-electron chi connectivity index (χ4n) is 2.12. The summed E-state index contributed by atoms with van der Waals surface area (Å²) in [5, 5.41) is 2.86. The lowest BCUT2D eigenvalue weighted by Crippen LogP contribution is -2.36. The predicted octanol–water partition coefficient (Wildman–Crippen LogP) is 2.21. The van der Waals surface area contributed by atoms with Gasteiger partial charge in [0.1, 0.15) is 0 Å². The van der Waals surface area contributed by atoms with Gasteiger partial charge >= 0.3 is 5.97 Å². The molecule has 0 heterocycles. The first-order valence-electron chi connectivity index (χ1n) is 7.84. The summed E-state index contributed by atoms with van der Waals surface area (Å²) in [7, 11) is 1.64. The second-order valence-corrected chi connectivity index (χ2v) is 4.74. The highest BCUT2D eigenvalue weighted by Crippen LogP contribution is 2.29. The topological polar surface area (TPSA) is 73.9 Å². The molecule has 1 N–H and O–H groups in total. The normalized spacial score (nSPS) is 11.7. The number of rotatable bonds is 10. The number of likely N-dealkylation sites (N-methyl/N-ethyl adjacent to an activating group) is 1. The fraction of sp³-hybridized carbons (Fsp3) is 0.529. The average Bonchev–Trinajstić information content (AvgIpc) is 2.54. The van der Waals surface area contributed by atoms with Crippen LogP contribution in [0.15, 0.2) is 18.2 Å². The summed E-state index contributed by atoms with van der Waals surface area (Å²) in [4.78, 5) is 24.2. The summed E-state index contributed by atoms with van der Waals surface area (Å²) in [5.74, 6) is 0.518.